The first-order valence-corrected chi connectivity index (χ1v) is 12.9. The Labute approximate surface area is 213 Å². The summed E-state index contributed by atoms with van der Waals surface area (Å²) < 4.78 is 13.4. The predicted octanol–water partition coefficient (Wildman–Crippen LogP) is 4.73. The van der Waals surface area contributed by atoms with Gasteiger partial charge in [0.2, 0.25) is 0 Å². The molecule has 2 aromatic heterocycles. The van der Waals surface area contributed by atoms with Crippen molar-refractivity contribution < 1.29 is 4.39 Å². The monoisotopic (exact) mass is 489 g/mol. The maximum Gasteiger partial charge on any atom is 0.151 e. The van der Waals surface area contributed by atoms with Crippen molar-refractivity contribution >= 4 is 23.0 Å². The molecule has 4 heterocycles. The molecule has 3 aromatic rings. The lowest BCUT2D eigenvalue weighted by atomic mass is 9.97. The van der Waals surface area contributed by atoms with Gasteiger partial charge in [0, 0.05) is 62.4 Å². The zero-order chi connectivity index (χ0) is 25.2. The van der Waals surface area contributed by atoms with Crippen molar-refractivity contribution in [3.05, 3.63) is 65.2 Å². The van der Waals surface area contributed by atoms with Crippen LogP contribution in [0.2, 0.25) is 0 Å². The topological polar surface area (TPSA) is 60.4 Å². The summed E-state index contributed by atoms with van der Waals surface area (Å²) in [7, 11) is 0. The second-order valence-corrected chi connectivity index (χ2v) is 10.2. The van der Waals surface area contributed by atoms with Gasteiger partial charge in [0.15, 0.2) is 5.82 Å². The molecule has 5 rings (SSSR count). The highest BCUT2D eigenvalue weighted by Gasteiger charge is 2.28. The summed E-state index contributed by atoms with van der Waals surface area (Å²) in [6.07, 6.45) is 5.16. The van der Waals surface area contributed by atoms with Gasteiger partial charge in [-0.1, -0.05) is 6.07 Å². The number of piperazine rings is 1. The standard InChI is InChI=1S/C28H36FN7/c1-19-16-20(2)28(35-14-15-36(21(3)18-35)25-8-7-23(29)17-30-25)22(4)27(19)32-24-9-12-34(13-10-24)26-6-5-11-31-33-26/h5-8,11,16-17,21,24,32H,9-10,12-15,18H2,1-4H3/t21-/m0/s1. The van der Waals surface area contributed by atoms with Crippen molar-refractivity contribution in [3.8, 4) is 0 Å². The van der Waals surface area contributed by atoms with Gasteiger partial charge < -0.3 is 20.0 Å². The maximum atomic E-state index is 13.4. The Hall–Kier alpha value is -3.42. The van der Waals surface area contributed by atoms with Gasteiger partial charge in [0.25, 0.3) is 0 Å². The molecular formula is C28H36FN7. The van der Waals surface area contributed by atoms with Crippen LogP contribution < -0.4 is 20.0 Å². The fourth-order valence-corrected chi connectivity index (χ4v) is 5.84. The summed E-state index contributed by atoms with van der Waals surface area (Å²) in [5, 5.41) is 12.2. The van der Waals surface area contributed by atoms with Crippen LogP contribution in [0, 0.1) is 26.6 Å². The molecule has 190 valence electrons. The number of nitrogens with one attached hydrogen (secondary N) is 1. The molecule has 36 heavy (non-hydrogen) atoms. The van der Waals surface area contributed by atoms with Crippen LogP contribution >= 0.6 is 0 Å². The summed E-state index contributed by atoms with van der Waals surface area (Å²) in [4.78, 5) is 11.4. The summed E-state index contributed by atoms with van der Waals surface area (Å²) in [6.45, 7) is 13.5. The van der Waals surface area contributed by atoms with E-state index in [1.807, 2.05) is 12.1 Å². The first-order chi connectivity index (χ1) is 17.4. The summed E-state index contributed by atoms with van der Waals surface area (Å²) in [5.41, 5.74) is 6.53. The van der Waals surface area contributed by atoms with Crippen LogP contribution in [0.4, 0.5) is 27.4 Å². The lowest BCUT2D eigenvalue weighted by molar-refractivity contribution is 0.521. The number of hydrogen-bond donors (Lipinski definition) is 1. The molecule has 2 aliphatic heterocycles. The molecule has 7 nitrogen and oxygen atoms in total. The van der Waals surface area contributed by atoms with Crippen LogP contribution in [0.15, 0.2) is 42.7 Å². The van der Waals surface area contributed by atoms with Crippen molar-refractivity contribution in [3.63, 3.8) is 0 Å². The number of pyridine rings is 1. The Morgan fingerprint density at radius 1 is 0.944 bits per heavy atom. The number of benzene rings is 1. The number of rotatable bonds is 5. The van der Waals surface area contributed by atoms with Gasteiger partial charge in [-0.05, 0) is 81.5 Å². The SMILES string of the molecule is Cc1cc(C)c(N2CCN(c3ccc(F)cn3)[C@@H](C)C2)c(C)c1NC1CCN(c2cccnn2)CC1. The average Bonchev–Trinajstić information content (AvgIpc) is 2.88. The van der Waals surface area contributed by atoms with E-state index in [0.29, 0.717) is 6.04 Å². The van der Waals surface area contributed by atoms with Gasteiger partial charge in [-0.2, -0.15) is 5.10 Å². The average molecular weight is 490 g/mol. The third-order valence-electron chi connectivity index (χ3n) is 7.61. The molecule has 1 N–H and O–H groups in total. The van der Waals surface area contributed by atoms with Gasteiger partial charge >= 0.3 is 0 Å². The Morgan fingerprint density at radius 3 is 2.42 bits per heavy atom. The molecule has 0 aliphatic carbocycles. The first-order valence-electron chi connectivity index (χ1n) is 12.9. The summed E-state index contributed by atoms with van der Waals surface area (Å²) in [5.74, 6) is 1.51. The highest BCUT2D eigenvalue weighted by Crippen LogP contribution is 2.36. The lowest BCUT2D eigenvalue weighted by Crippen LogP contribution is -2.52. The van der Waals surface area contributed by atoms with Gasteiger partial charge in [-0.15, -0.1) is 5.10 Å². The molecule has 0 spiro atoms. The van der Waals surface area contributed by atoms with E-state index in [-0.39, 0.29) is 11.9 Å². The van der Waals surface area contributed by atoms with E-state index >= 15 is 0 Å². The van der Waals surface area contributed by atoms with E-state index in [1.54, 1.807) is 12.3 Å². The number of aryl methyl sites for hydroxylation is 2. The minimum absolute atomic E-state index is 0.277. The van der Waals surface area contributed by atoms with Crippen LogP contribution in [0.1, 0.15) is 36.5 Å². The molecule has 0 bridgehead atoms. The Morgan fingerprint density at radius 2 is 1.75 bits per heavy atom. The molecule has 0 saturated carbocycles. The second kappa shape index (κ2) is 10.3. The van der Waals surface area contributed by atoms with Crippen LogP contribution in [0.5, 0.6) is 0 Å². The van der Waals surface area contributed by atoms with E-state index in [2.05, 4.69) is 69.0 Å². The van der Waals surface area contributed by atoms with Crippen molar-refractivity contribution in [1.82, 2.24) is 15.2 Å². The highest BCUT2D eigenvalue weighted by molar-refractivity contribution is 5.73. The maximum absolute atomic E-state index is 13.4. The van der Waals surface area contributed by atoms with Crippen molar-refractivity contribution in [2.75, 3.05) is 52.7 Å². The molecule has 1 aromatic carbocycles. The normalized spacial score (nSPS) is 19.0. The molecule has 1 atom stereocenters. The largest absolute Gasteiger partial charge is 0.382 e. The molecular weight excluding hydrogens is 453 g/mol. The van der Waals surface area contributed by atoms with Gasteiger partial charge in [-0.25, -0.2) is 9.37 Å². The van der Waals surface area contributed by atoms with E-state index in [4.69, 9.17) is 0 Å². The van der Waals surface area contributed by atoms with Gasteiger partial charge in [0.05, 0.1) is 6.20 Å². The van der Waals surface area contributed by atoms with Crippen molar-refractivity contribution in [2.45, 2.75) is 52.6 Å². The molecule has 0 unspecified atom stereocenters. The summed E-state index contributed by atoms with van der Waals surface area (Å²) in [6, 6.07) is 10.3. The van der Waals surface area contributed by atoms with Crippen LogP contribution in [0.25, 0.3) is 0 Å². The minimum Gasteiger partial charge on any atom is -0.382 e. The van der Waals surface area contributed by atoms with E-state index in [0.717, 1.165) is 57.2 Å². The number of anilines is 4. The molecule has 8 heteroatoms. The number of hydrogen-bond acceptors (Lipinski definition) is 7. The molecule has 2 fully saturated rings. The van der Waals surface area contributed by atoms with Gasteiger partial charge in [0.1, 0.15) is 11.6 Å². The Kier molecular flexibility index (Phi) is 6.94. The third kappa shape index (κ3) is 4.94. The highest BCUT2D eigenvalue weighted by atomic mass is 19.1. The number of piperidine rings is 1. The van der Waals surface area contributed by atoms with Crippen LogP contribution in [0.3, 0.4) is 0 Å². The fourth-order valence-electron chi connectivity index (χ4n) is 5.84. The first kappa shape index (κ1) is 24.3. The summed E-state index contributed by atoms with van der Waals surface area (Å²) >= 11 is 0. The molecule has 2 saturated heterocycles. The number of halogens is 1. The number of aromatic nitrogens is 3. The van der Waals surface area contributed by atoms with E-state index in [9.17, 15) is 4.39 Å². The molecule has 2 aliphatic rings. The Balaban J connectivity index is 1.29. The zero-order valence-electron chi connectivity index (χ0n) is 21.7. The van der Waals surface area contributed by atoms with E-state index in [1.165, 1.54) is 40.3 Å². The van der Waals surface area contributed by atoms with Crippen molar-refractivity contribution in [2.24, 2.45) is 0 Å². The number of nitrogens with zero attached hydrogens (tertiary/aromatic N) is 6. The quantitative estimate of drug-likeness (QED) is 0.556. The van der Waals surface area contributed by atoms with Crippen LogP contribution in [-0.4, -0.2) is 60.0 Å². The smallest absolute Gasteiger partial charge is 0.151 e. The Bertz CT molecular complexity index is 1180. The minimum atomic E-state index is -0.296. The van der Waals surface area contributed by atoms with E-state index < -0.39 is 0 Å². The lowest BCUT2D eigenvalue weighted by Gasteiger charge is -2.43. The zero-order valence-corrected chi connectivity index (χ0v) is 21.7. The third-order valence-corrected chi connectivity index (χ3v) is 7.61. The molecule has 0 radical (unpaired) electrons. The fraction of sp³-hybridized carbons (Fsp3) is 0.464. The molecule has 0 amide bonds. The predicted molar refractivity (Wildman–Crippen MR) is 145 cm³/mol. The van der Waals surface area contributed by atoms with Crippen molar-refractivity contribution in [1.29, 1.82) is 0 Å². The van der Waals surface area contributed by atoms with Crippen LogP contribution in [-0.2, 0) is 0 Å². The second-order valence-electron chi connectivity index (χ2n) is 10.2. The van der Waals surface area contributed by atoms with Gasteiger partial charge in [-0.3, -0.25) is 0 Å².